The molecular formula is C13H17FN2O2S. The largest absolute Gasteiger partial charge is 0.399 e. The molecule has 6 heteroatoms. The van der Waals surface area contributed by atoms with Crippen LogP contribution in [0.15, 0.2) is 29.2 Å². The maximum absolute atomic E-state index is 13.6. The second-order valence-electron chi connectivity index (χ2n) is 4.73. The van der Waals surface area contributed by atoms with Crippen molar-refractivity contribution in [2.45, 2.75) is 37.1 Å². The summed E-state index contributed by atoms with van der Waals surface area (Å²) < 4.78 is 40.7. The fourth-order valence-corrected chi connectivity index (χ4v) is 3.71. The zero-order valence-corrected chi connectivity index (χ0v) is 11.5. The van der Waals surface area contributed by atoms with Gasteiger partial charge < -0.3 is 5.73 Å². The van der Waals surface area contributed by atoms with E-state index < -0.39 is 15.8 Å². The van der Waals surface area contributed by atoms with Crippen molar-refractivity contribution in [1.82, 2.24) is 4.72 Å². The number of nitrogen functional groups attached to an aromatic ring is 1. The Morgan fingerprint density at radius 1 is 1.37 bits per heavy atom. The van der Waals surface area contributed by atoms with Crippen molar-refractivity contribution in [1.29, 1.82) is 0 Å². The SMILES string of the molecule is Cc1c(F)cc(N)cc1S(=O)(=O)NC1CC=CCC1. The molecule has 1 atom stereocenters. The molecule has 1 unspecified atom stereocenters. The molecule has 104 valence electrons. The molecule has 1 aliphatic carbocycles. The van der Waals surface area contributed by atoms with Crippen LogP contribution in [0.2, 0.25) is 0 Å². The van der Waals surface area contributed by atoms with Gasteiger partial charge in [-0.2, -0.15) is 0 Å². The van der Waals surface area contributed by atoms with Crippen molar-refractivity contribution in [2.75, 3.05) is 5.73 Å². The second-order valence-corrected chi connectivity index (χ2v) is 6.41. The molecule has 0 aliphatic heterocycles. The number of hydrogen-bond acceptors (Lipinski definition) is 3. The Kier molecular flexibility index (Phi) is 3.91. The van der Waals surface area contributed by atoms with Crippen LogP contribution in [0, 0.1) is 12.7 Å². The van der Waals surface area contributed by atoms with Crippen LogP contribution in [0.4, 0.5) is 10.1 Å². The van der Waals surface area contributed by atoms with Gasteiger partial charge in [-0.25, -0.2) is 17.5 Å². The van der Waals surface area contributed by atoms with Crippen LogP contribution in [0.5, 0.6) is 0 Å². The Bertz CT molecular complexity index is 611. The summed E-state index contributed by atoms with van der Waals surface area (Å²) in [7, 11) is -3.74. The summed E-state index contributed by atoms with van der Waals surface area (Å²) in [6, 6.07) is 2.27. The van der Waals surface area contributed by atoms with Gasteiger partial charge in [0.1, 0.15) is 5.82 Å². The van der Waals surface area contributed by atoms with Gasteiger partial charge in [0.2, 0.25) is 10.0 Å². The van der Waals surface area contributed by atoms with Crippen molar-refractivity contribution in [3.63, 3.8) is 0 Å². The first kappa shape index (κ1) is 14.0. The zero-order chi connectivity index (χ0) is 14.0. The molecule has 19 heavy (non-hydrogen) atoms. The number of allylic oxidation sites excluding steroid dienone is 1. The van der Waals surface area contributed by atoms with Gasteiger partial charge in [-0.1, -0.05) is 12.2 Å². The highest BCUT2D eigenvalue weighted by Crippen LogP contribution is 2.23. The van der Waals surface area contributed by atoms with Gasteiger partial charge in [-0.05, 0) is 38.3 Å². The third kappa shape index (κ3) is 3.13. The van der Waals surface area contributed by atoms with Gasteiger partial charge in [-0.3, -0.25) is 0 Å². The highest BCUT2D eigenvalue weighted by Gasteiger charge is 2.23. The van der Waals surface area contributed by atoms with E-state index in [0.29, 0.717) is 6.42 Å². The minimum atomic E-state index is -3.74. The summed E-state index contributed by atoms with van der Waals surface area (Å²) in [5.74, 6) is -0.607. The Hall–Kier alpha value is -1.40. The van der Waals surface area contributed by atoms with Crippen molar-refractivity contribution < 1.29 is 12.8 Å². The van der Waals surface area contributed by atoms with E-state index in [4.69, 9.17) is 5.73 Å². The van der Waals surface area contributed by atoms with Gasteiger partial charge in [0.15, 0.2) is 0 Å². The molecular weight excluding hydrogens is 267 g/mol. The summed E-state index contributed by atoms with van der Waals surface area (Å²) in [6.45, 7) is 1.43. The monoisotopic (exact) mass is 284 g/mol. The number of nitrogens with two attached hydrogens (primary N) is 1. The number of anilines is 1. The molecule has 1 aliphatic rings. The van der Waals surface area contributed by atoms with Crippen LogP contribution in [0.25, 0.3) is 0 Å². The number of nitrogens with one attached hydrogen (secondary N) is 1. The van der Waals surface area contributed by atoms with E-state index >= 15 is 0 Å². The van der Waals surface area contributed by atoms with E-state index in [1.807, 2.05) is 12.2 Å². The first-order chi connectivity index (χ1) is 8.90. The number of halogens is 1. The lowest BCUT2D eigenvalue weighted by atomic mass is 10.0. The summed E-state index contributed by atoms with van der Waals surface area (Å²) in [4.78, 5) is -0.0837. The molecule has 1 aromatic carbocycles. The Balaban J connectivity index is 2.31. The molecule has 4 nitrogen and oxygen atoms in total. The number of hydrogen-bond donors (Lipinski definition) is 2. The van der Waals surface area contributed by atoms with Crippen LogP contribution in [0.1, 0.15) is 24.8 Å². The quantitative estimate of drug-likeness (QED) is 0.659. The molecule has 0 radical (unpaired) electrons. The van der Waals surface area contributed by atoms with Gasteiger partial charge in [0.25, 0.3) is 0 Å². The maximum atomic E-state index is 13.6. The molecule has 0 bridgehead atoms. The van der Waals surface area contributed by atoms with Crippen molar-refractivity contribution in [3.05, 3.63) is 35.7 Å². The topological polar surface area (TPSA) is 72.2 Å². The van der Waals surface area contributed by atoms with E-state index in [1.54, 1.807) is 0 Å². The lowest BCUT2D eigenvalue weighted by molar-refractivity contribution is 0.520. The van der Waals surface area contributed by atoms with Crippen LogP contribution in [0.3, 0.4) is 0 Å². The number of benzene rings is 1. The fraction of sp³-hybridized carbons (Fsp3) is 0.385. The average Bonchev–Trinajstić information content (AvgIpc) is 2.34. The molecule has 0 saturated carbocycles. The normalized spacial score (nSPS) is 19.6. The third-order valence-corrected chi connectivity index (χ3v) is 4.85. The van der Waals surface area contributed by atoms with Crippen molar-refractivity contribution in [2.24, 2.45) is 0 Å². The summed E-state index contributed by atoms with van der Waals surface area (Å²) in [5.41, 5.74) is 5.71. The van der Waals surface area contributed by atoms with E-state index in [1.165, 1.54) is 13.0 Å². The molecule has 0 amide bonds. The van der Waals surface area contributed by atoms with Crippen LogP contribution < -0.4 is 10.5 Å². The van der Waals surface area contributed by atoms with Crippen LogP contribution in [-0.2, 0) is 10.0 Å². The van der Waals surface area contributed by atoms with Gasteiger partial charge >= 0.3 is 0 Å². The summed E-state index contributed by atoms with van der Waals surface area (Å²) in [6.07, 6.45) is 6.22. The van der Waals surface area contributed by atoms with Crippen molar-refractivity contribution >= 4 is 15.7 Å². The molecule has 0 fully saturated rings. The fourth-order valence-electron chi connectivity index (χ4n) is 2.14. The van der Waals surface area contributed by atoms with E-state index in [9.17, 15) is 12.8 Å². The van der Waals surface area contributed by atoms with Gasteiger partial charge in [0.05, 0.1) is 4.90 Å². The molecule has 3 N–H and O–H groups in total. The predicted octanol–water partition coefficient (Wildman–Crippen LogP) is 2.10. The molecule has 1 aromatic rings. The minimum Gasteiger partial charge on any atom is -0.399 e. The van der Waals surface area contributed by atoms with Crippen molar-refractivity contribution in [3.8, 4) is 0 Å². The van der Waals surface area contributed by atoms with E-state index in [-0.39, 0.29) is 22.2 Å². The highest BCUT2D eigenvalue weighted by molar-refractivity contribution is 7.89. The molecule has 2 rings (SSSR count). The first-order valence-electron chi connectivity index (χ1n) is 6.13. The van der Waals surface area contributed by atoms with E-state index in [2.05, 4.69) is 4.72 Å². The summed E-state index contributed by atoms with van der Waals surface area (Å²) >= 11 is 0. The van der Waals surface area contributed by atoms with Gasteiger partial charge in [0, 0.05) is 17.3 Å². The number of sulfonamides is 1. The predicted molar refractivity (Wildman–Crippen MR) is 72.6 cm³/mol. The Morgan fingerprint density at radius 3 is 2.74 bits per heavy atom. The Labute approximate surface area is 112 Å². The minimum absolute atomic E-state index is 0.0837. The van der Waals surface area contributed by atoms with Gasteiger partial charge in [-0.15, -0.1) is 0 Å². The molecule has 0 saturated heterocycles. The smallest absolute Gasteiger partial charge is 0.241 e. The maximum Gasteiger partial charge on any atom is 0.241 e. The molecule has 0 heterocycles. The lowest BCUT2D eigenvalue weighted by Crippen LogP contribution is -2.35. The van der Waals surface area contributed by atoms with Crippen LogP contribution in [-0.4, -0.2) is 14.5 Å². The highest BCUT2D eigenvalue weighted by atomic mass is 32.2. The molecule has 0 spiro atoms. The summed E-state index contributed by atoms with van der Waals surface area (Å²) in [5, 5.41) is 0. The van der Waals surface area contributed by atoms with E-state index in [0.717, 1.165) is 18.9 Å². The third-order valence-electron chi connectivity index (χ3n) is 3.20. The lowest BCUT2D eigenvalue weighted by Gasteiger charge is -2.20. The molecule has 0 aromatic heterocycles. The average molecular weight is 284 g/mol. The Morgan fingerprint density at radius 2 is 2.11 bits per heavy atom. The zero-order valence-electron chi connectivity index (χ0n) is 10.7. The first-order valence-corrected chi connectivity index (χ1v) is 7.61. The second kappa shape index (κ2) is 5.30. The van der Waals surface area contributed by atoms with Crippen LogP contribution >= 0.6 is 0 Å². The number of rotatable bonds is 3. The standard InChI is InChI=1S/C13H17FN2O2S/c1-9-12(14)7-10(15)8-13(9)19(17,18)16-11-5-3-2-4-6-11/h2-3,7-8,11,16H,4-6,15H2,1H3.